The number of hydrogen-bond acceptors (Lipinski definition) is 4. The minimum Gasteiger partial charge on any atom is -0.337 e. The first-order chi connectivity index (χ1) is 11.5. The molecule has 0 unspecified atom stereocenters. The Morgan fingerprint density at radius 3 is 2.75 bits per heavy atom. The molecule has 2 heterocycles. The van der Waals surface area contributed by atoms with Gasteiger partial charge in [-0.05, 0) is 17.7 Å². The molecule has 1 aromatic carbocycles. The quantitative estimate of drug-likeness (QED) is 0.752. The van der Waals surface area contributed by atoms with Crippen molar-refractivity contribution >= 4 is 28.5 Å². The Kier molecular flexibility index (Phi) is 4.18. The van der Waals surface area contributed by atoms with Crippen molar-refractivity contribution in [1.82, 2.24) is 19.9 Å². The molecule has 2 aromatic heterocycles. The molecular formula is C16H13ClN4O3. The van der Waals surface area contributed by atoms with Crippen molar-refractivity contribution in [3.05, 3.63) is 73.5 Å². The van der Waals surface area contributed by atoms with Gasteiger partial charge in [-0.25, -0.2) is 9.78 Å². The van der Waals surface area contributed by atoms with E-state index in [4.69, 9.17) is 11.6 Å². The minimum atomic E-state index is -0.644. The highest BCUT2D eigenvalue weighted by Gasteiger charge is 2.15. The van der Waals surface area contributed by atoms with E-state index in [1.807, 2.05) is 18.2 Å². The third-order valence-corrected chi connectivity index (χ3v) is 3.92. The summed E-state index contributed by atoms with van der Waals surface area (Å²) in [6, 6.07) is 8.65. The van der Waals surface area contributed by atoms with Crippen LogP contribution in [0.1, 0.15) is 15.9 Å². The van der Waals surface area contributed by atoms with E-state index in [0.29, 0.717) is 11.6 Å². The summed E-state index contributed by atoms with van der Waals surface area (Å²) in [6.45, 7) is 0.318. The van der Waals surface area contributed by atoms with E-state index in [-0.39, 0.29) is 22.5 Å². The van der Waals surface area contributed by atoms with Crippen LogP contribution in [-0.4, -0.2) is 32.8 Å². The van der Waals surface area contributed by atoms with Gasteiger partial charge < -0.3 is 4.90 Å². The molecule has 3 aromatic rings. The van der Waals surface area contributed by atoms with Crippen LogP contribution in [-0.2, 0) is 6.54 Å². The van der Waals surface area contributed by atoms with Gasteiger partial charge in [-0.2, -0.15) is 0 Å². The lowest BCUT2D eigenvalue weighted by Gasteiger charge is -2.18. The molecule has 2 N–H and O–H groups in total. The second kappa shape index (κ2) is 6.29. The first-order valence-electron chi connectivity index (χ1n) is 7.07. The van der Waals surface area contributed by atoms with Gasteiger partial charge in [-0.1, -0.05) is 29.8 Å². The number of nitrogens with one attached hydrogen (secondary N) is 2. The molecule has 0 aliphatic rings. The van der Waals surface area contributed by atoms with Crippen LogP contribution in [0.15, 0.2) is 46.1 Å². The number of aromatic nitrogens is 3. The average Bonchev–Trinajstić information content (AvgIpc) is 2.56. The number of pyridine rings is 1. The monoisotopic (exact) mass is 344 g/mol. The van der Waals surface area contributed by atoms with E-state index >= 15 is 0 Å². The Bertz CT molecular complexity index is 1040. The topological polar surface area (TPSA) is 98.9 Å². The molecular weight excluding hydrogens is 332 g/mol. The van der Waals surface area contributed by atoms with Gasteiger partial charge in [0.25, 0.3) is 11.5 Å². The number of rotatable bonds is 3. The number of H-pyrrole nitrogens is 2. The number of amides is 1. The second-order valence-electron chi connectivity index (χ2n) is 5.28. The summed E-state index contributed by atoms with van der Waals surface area (Å²) < 4.78 is 0. The largest absolute Gasteiger partial charge is 0.337 e. The molecule has 0 fully saturated rings. The molecule has 0 saturated carbocycles. The van der Waals surface area contributed by atoms with Crippen molar-refractivity contribution in [1.29, 1.82) is 0 Å². The van der Waals surface area contributed by atoms with Gasteiger partial charge in [0.05, 0.1) is 10.9 Å². The van der Waals surface area contributed by atoms with Crippen LogP contribution in [0.4, 0.5) is 0 Å². The average molecular weight is 345 g/mol. The van der Waals surface area contributed by atoms with Crippen LogP contribution in [0, 0.1) is 0 Å². The highest BCUT2D eigenvalue weighted by molar-refractivity contribution is 6.31. The minimum absolute atomic E-state index is 0.133. The highest BCUT2D eigenvalue weighted by atomic mass is 35.5. The van der Waals surface area contributed by atoms with E-state index in [0.717, 1.165) is 5.56 Å². The summed E-state index contributed by atoms with van der Waals surface area (Å²) in [7, 11) is 1.63. The second-order valence-corrected chi connectivity index (χ2v) is 5.69. The summed E-state index contributed by atoms with van der Waals surface area (Å²) in [6.07, 6.45) is 1.32. The maximum atomic E-state index is 12.5. The Morgan fingerprint density at radius 2 is 2.00 bits per heavy atom. The maximum Gasteiger partial charge on any atom is 0.327 e. The third kappa shape index (κ3) is 3.07. The molecule has 0 atom stereocenters. The fraction of sp³-hybridized carbons (Fsp3) is 0.125. The number of nitrogens with zero attached hydrogens (tertiary/aromatic N) is 2. The summed E-state index contributed by atoms with van der Waals surface area (Å²) in [5, 5.41) is 0.717. The SMILES string of the molecule is CN(Cc1ccccc1Cl)C(=O)c1cnc2[nH]c(=O)[nH]c(=O)c2c1. The van der Waals surface area contributed by atoms with Gasteiger partial charge in [0.15, 0.2) is 0 Å². The summed E-state index contributed by atoms with van der Waals surface area (Å²) in [5.74, 6) is -0.310. The van der Waals surface area contributed by atoms with Gasteiger partial charge in [-0.3, -0.25) is 19.6 Å². The first-order valence-corrected chi connectivity index (χ1v) is 7.45. The number of aromatic amines is 2. The molecule has 0 spiro atoms. The van der Waals surface area contributed by atoms with Gasteiger partial charge in [0, 0.05) is 24.8 Å². The Morgan fingerprint density at radius 1 is 1.25 bits per heavy atom. The Labute approximate surface area is 140 Å². The number of halogens is 1. The van der Waals surface area contributed by atoms with Gasteiger partial charge >= 0.3 is 5.69 Å². The van der Waals surface area contributed by atoms with Crippen molar-refractivity contribution < 1.29 is 4.79 Å². The normalized spacial score (nSPS) is 10.8. The zero-order valence-corrected chi connectivity index (χ0v) is 13.4. The molecule has 0 aliphatic heterocycles. The highest BCUT2D eigenvalue weighted by Crippen LogP contribution is 2.17. The fourth-order valence-electron chi connectivity index (χ4n) is 2.34. The first kappa shape index (κ1) is 15.9. The summed E-state index contributed by atoms with van der Waals surface area (Å²) in [4.78, 5) is 45.6. The van der Waals surface area contributed by atoms with Crippen LogP contribution in [0.3, 0.4) is 0 Å². The maximum absolute atomic E-state index is 12.5. The molecule has 0 radical (unpaired) electrons. The lowest BCUT2D eigenvalue weighted by Crippen LogP contribution is -2.27. The zero-order chi connectivity index (χ0) is 17.3. The summed E-state index contributed by atoms with van der Waals surface area (Å²) in [5.41, 5.74) is -0.0471. The van der Waals surface area contributed by atoms with Crippen molar-refractivity contribution in [3.63, 3.8) is 0 Å². The zero-order valence-electron chi connectivity index (χ0n) is 12.7. The smallest absolute Gasteiger partial charge is 0.327 e. The van der Waals surface area contributed by atoms with E-state index in [2.05, 4.69) is 15.0 Å². The molecule has 7 nitrogen and oxygen atoms in total. The van der Waals surface area contributed by atoms with Crippen LogP contribution >= 0.6 is 11.6 Å². The van der Waals surface area contributed by atoms with Crippen molar-refractivity contribution in [2.24, 2.45) is 0 Å². The summed E-state index contributed by atoms with van der Waals surface area (Å²) >= 11 is 6.10. The van der Waals surface area contributed by atoms with Crippen molar-refractivity contribution in [2.45, 2.75) is 6.54 Å². The van der Waals surface area contributed by atoms with Crippen LogP contribution < -0.4 is 11.2 Å². The van der Waals surface area contributed by atoms with Gasteiger partial charge in [-0.15, -0.1) is 0 Å². The predicted molar refractivity (Wildman–Crippen MR) is 90.2 cm³/mol. The van der Waals surface area contributed by atoms with Gasteiger partial charge in [0.2, 0.25) is 0 Å². The van der Waals surface area contributed by atoms with E-state index in [1.54, 1.807) is 13.1 Å². The predicted octanol–water partition coefficient (Wildman–Crippen LogP) is 1.54. The number of carbonyl (C=O) groups excluding carboxylic acids is 1. The molecule has 122 valence electrons. The van der Waals surface area contributed by atoms with E-state index < -0.39 is 11.2 Å². The van der Waals surface area contributed by atoms with Crippen molar-refractivity contribution in [3.8, 4) is 0 Å². The number of fused-ring (bicyclic) bond motifs is 1. The molecule has 8 heteroatoms. The third-order valence-electron chi connectivity index (χ3n) is 3.55. The van der Waals surface area contributed by atoms with Crippen molar-refractivity contribution in [2.75, 3.05) is 7.05 Å². The Hall–Kier alpha value is -2.93. The number of carbonyl (C=O) groups is 1. The number of benzene rings is 1. The molecule has 3 rings (SSSR count). The lowest BCUT2D eigenvalue weighted by atomic mass is 10.2. The molecule has 1 amide bonds. The van der Waals surface area contributed by atoms with Crippen LogP contribution in [0.2, 0.25) is 5.02 Å². The number of hydrogen-bond donors (Lipinski definition) is 2. The van der Waals surface area contributed by atoms with Crippen LogP contribution in [0.25, 0.3) is 11.0 Å². The van der Waals surface area contributed by atoms with Gasteiger partial charge in [0.1, 0.15) is 5.65 Å². The van der Waals surface area contributed by atoms with E-state index in [9.17, 15) is 14.4 Å². The fourth-order valence-corrected chi connectivity index (χ4v) is 2.53. The molecule has 0 aliphatic carbocycles. The van der Waals surface area contributed by atoms with Crippen LogP contribution in [0.5, 0.6) is 0 Å². The lowest BCUT2D eigenvalue weighted by molar-refractivity contribution is 0.0785. The molecule has 24 heavy (non-hydrogen) atoms. The standard InChI is InChI=1S/C16H13ClN4O3/c1-21(8-9-4-2-3-5-12(9)17)15(23)10-6-11-13(18-7-10)19-16(24)20-14(11)22/h2-7H,8H2,1H3,(H2,18,19,20,22,24). The Balaban J connectivity index is 1.92. The van der Waals surface area contributed by atoms with E-state index in [1.165, 1.54) is 17.2 Å². The molecule has 0 bridgehead atoms. The molecule has 0 saturated heterocycles.